The van der Waals surface area contributed by atoms with Gasteiger partial charge < -0.3 is 11.8 Å². The zero-order chi connectivity index (χ0) is 13.6. The zero-order valence-corrected chi connectivity index (χ0v) is 12.0. The molecule has 0 aromatic carbocycles. The van der Waals surface area contributed by atoms with E-state index in [1.807, 2.05) is 0 Å². The van der Waals surface area contributed by atoms with Crippen LogP contribution >= 0.6 is 0 Å². The van der Waals surface area contributed by atoms with E-state index in [-0.39, 0.29) is 0 Å². The molecule has 0 aromatic rings. The van der Waals surface area contributed by atoms with Gasteiger partial charge in [0.05, 0.1) is 12.7 Å². The summed E-state index contributed by atoms with van der Waals surface area (Å²) in [6.07, 6.45) is 17.9. The Morgan fingerprint density at radius 3 is 2.33 bits per heavy atom. The van der Waals surface area contributed by atoms with Gasteiger partial charge in [0.15, 0.2) is 0 Å². The van der Waals surface area contributed by atoms with Crippen LogP contribution in [0.25, 0.3) is 0 Å². The minimum Gasteiger partial charge on any atom is -0.512 e. The molecule has 0 bridgehead atoms. The Kier molecular flexibility index (Phi) is 11.7. The first-order valence-corrected chi connectivity index (χ1v) is 7.33. The molecule has 2 nitrogen and oxygen atoms in total. The van der Waals surface area contributed by atoms with E-state index in [1.165, 1.54) is 57.9 Å². The Hall–Kier alpha value is -1.07. The van der Waals surface area contributed by atoms with Gasteiger partial charge in [0.25, 0.3) is 0 Å². The van der Waals surface area contributed by atoms with Gasteiger partial charge >= 0.3 is 0 Å². The van der Waals surface area contributed by atoms with Crippen molar-refractivity contribution in [2.45, 2.75) is 65.2 Å². The molecule has 0 fully saturated rings. The summed E-state index contributed by atoms with van der Waals surface area (Å²) in [4.78, 5) is 1.56. The summed E-state index contributed by atoms with van der Waals surface area (Å²) in [6, 6.07) is 0. The Morgan fingerprint density at radius 1 is 1.00 bits per heavy atom. The van der Waals surface area contributed by atoms with E-state index < -0.39 is 0 Å². The van der Waals surface area contributed by atoms with Crippen molar-refractivity contribution in [2.24, 2.45) is 0 Å². The van der Waals surface area contributed by atoms with E-state index >= 15 is 0 Å². The van der Waals surface area contributed by atoms with E-state index in [2.05, 4.69) is 32.3 Å². The number of nitrogens with zero attached hydrogens (tertiary/aromatic N) is 1. The van der Waals surface area contributed by atoms with Crippen molar-refractivity contribution in [3.05, 3.63) is 30.6 Å². The van der Waals surface area contributed by atoms with Gasteiger partial charge in [0, 0.05) is 11.6 Å². The van der Waals surface area contributed by atoms with Crippen LogP contribution in [-0.2, 0) is 0 Å². The molecule has 0 spiro atoms. The van der Waals surface area contributed by atoms with E-state index in [0.29, 0.717) is 0 Å². The van der Waals surface area contributed by atoms with Crippen LogP contribution in [0.15, 0.2) is 24.0 Å². The molecule has 0 saturated carbocycles. The highest BCUT2D eigenvalue weighted by atomic mass is 15.1. The van der Waals surface area contributed by atoms with Gasteiger partial charge in [-0.3, -0.25) is 4.90 Å². The summed E-state index contributed by atoms with van der Waals surface area (Å²) < 4.78 is 0. The summed E-state index contributed by atoms with van der Waals surface area (Å²) >= 11 is 0. The number of rotatable bonds is 9. The average molecular weight is 248 g/mol. The van der Waals surface area contributed by atoms with E-state index in [0.717, 1.165) is 0 Å². The standard InChI is InChI=1S/C15H27N.CN/c1-3-5-7-8-9-12-16-13-11-15(14-16)10-6-4-2;1-2/h11,13-14H,3-10,12H2,1-2H3;/q;-1/p+1. The van der Waals surface area contributed by atoms with Gasteiger partial charge in [-0.15, -0.1) is 0 Å². The quantitative estimate of drug-likeness (QED) is 0.490. The Balaban J connectivity index is 0.00000137. The molecule has 0 aromatic heterocycles. The number of hydrogen-bond acceptors (Lipinski definition) is 1. The maximum Gasteiger partial charge on any atom is 0.102 e. The van der Waals surface area contributed by atoms with Crippen molar-refractivity contribution < 1.29 is 4.90 Å². The third-order valence-corrected chi connectivity index (χ3v) is 3.27. The lowest BCUT2D eigenvalue weighted by molar-refractivity contribution is -0.788. The van der Waals surface area contributed by atoms with E-state index in [9.17, 15) is 0 Å². The second kappa shape index (κ2) is 12.4. The molecule has 1 heterocycles. The summed E-state index contributed by atoms with van der Waals surface area (Å²) in [5, 5.41) is 6.25. The fourth-order valence-electron chi connectivity index (χ4n) is 2.17. The van der Waals surface area contributed by atoms with Crippen LogP contribution in [0.3, 0.4) is 0 Å². The van der Waals surface area contributed by atoms with Crippen LogP contribution in [-0.4, -0.2) is 6.54 Å². The topological polar surface area (TPSA) is 28.2 Å². The van der Waals surface area contributed by atoms with Crippen molar-refractivity contribution in [2.75, 3.05) is 6.54 Å². The van der Waals surface area contributed by atoms with Crippen LogP contribution in [0.4, 0.5) is 0 Å². The molecule has 0 aliphatic carbocycles. The average Bonchev–Trinajstić information content (AvgIpc) is 2.86. The van der Waals surface area contributed by atoms with Crippen LogP contribution < -0.4 is 4.90 Å². The lowest BCUT2D eigenvalue weighted by Crippen LogP contribution is -3.01. The maximum absolute atomic E-state index is 6.25. The molecule has 1 aliphatic rings. The van der Waals surface area contributed by atoms with Crippen molar-refractivity contribution in [1.29, 1.82) is 5.26 Å². The molecular weight excluding hydrogens is 220 g/mol. The predicted molar refractivity (Wildman–Crippen MR) is 76.3 cm³/mol. The van der Waals surface area contributed by atoms with E-state index in [4.69, 9.17) is 11.8 Å². The van der Waals surface area contributed by atoms with Crippen LogP contribution in [0, 0.1) is 11.8 Å². The fraction of sp³-hybridized carbons (Fsp3) is 0.688. The predicted octanol–water partition coefficient (Wildman–Crippen LogP) is 3.54. The minimum atomic E-state index is 1.27. The molecule has 102 valence electrons. The van der Waals surface area contributed by atoms with Crippen molar-refractivity contribution >= 4 is 0 Å². The number of quaternary nitrogens is 1. The Bertz CT molecular complexity index is 264. The number of nitrogens with one attached hydrogen (secondary N) is 1. The van der Waals surface area contributed by atoms with Crippen LogP contribution in [0.1, 0.15) is 65.2 Å². The summed E-state index contributed by atoms with van der Waals surface area (Å²) in [6.45, 7) is 10.6. The van der Waals surface area contributed by atoms with Gasteiger partial charge in [0.1, 0.15) is 6.20 Å². The molecule has 1 rings (SSSR count). The lowest BCUT2D eigenvalue weighted by atomic mass is 10.1. The zero-order valence-electron chi connectivity index (χ0n) is 12.0. The first kappa shape index (κ1) is 16.9. The first-order chi connectivity index (χ1) is 8.86. The molecule has 18 heavy (non-hydrogen) atoms. The SMILES string of the molecule is CCCCCCC[NH+]1C=CC(CCCC)=C1.[C-]#N. The molecule has 0 amide bonds. The number of allylic oxidation sites excluding steroid dienone is 2. The van der Waals surface area contributed by atoms with Gasteiger partial charge in [-0.05, 0) is 25.7 Å². The molecule has 1 aliphatic heterocycles. The first-order valence-electron chi connectivity index (χ1n) is 7.33. The van der Waals surface area contributed by atoms with Crippen LogP contribution in [0.2, 0.25) is 0 Å². The van der Waals surface area contributed by atoms with Crippen molar-refractivity contribution in [3.8, 4) is 0 Å². The second-order valence-electron chi connectivity index (χ2n) is 4.90. The second-order valence-corrected chi connectivity index (χ2v) is 4.90. The molecule has 1 N–H and O–H groups in total. The van der Waals surface area contributed by atoms with Gasteiger partial charge in [0.2, 0.25) is 0 Å². The number of unbranched alkanes of at least 4 members (excludes halogenated alkanes) is 5. The van der Waals surface area contributed by atoms with Gasteiger partial charge in [-0.2, -0.15) is 0 Å². The molecule has 2 heteroatoms. The van der Waals surface area contributed by atoms with Crippen molar-refractivity contribution in [3.63, 3.8) is 0 Å². The minimum absolute atomic E-state index is 1.27. The summed E-state index contributed by atoms with van der Waals surface area (Å²) in [5.41, 5.74) is 1.55. The van der Waals surface area contributed by atoms with Crippen molar-refractivity contribution in [1.82, 2.24) is 0 Å². The summed E-state index contributed by atoms with van der Waals surface area (Å²) in [5.74, 6) is 0. The highest BCUT2D eigenvalue weighted by Crippen LogP contribution is 2.09. The largest absolute Gasteiger partial charge is 0.512 e. The normalized spacial score (nSPS) is 17.1. The molecule has 0 saturated heterocycles. The van der Waals surface area contributed by atoms with E-state index in [1.54, 1.807) is 10.5 Å². The third kappa shape index (κ3) is 8.08. The smallest absolute Gasteiger partial charge is 0.102 e. The molecular formula is C16H28N2. The van der Waals surface area contributed by atoms with Gasteiger partial charge in [-0.1, -0.05) is 39.5 Å². The highest BCUT2D eigenvalue weighted by Gasteiger charge is 2.09. The molecule has 0 radical (unpaired) electrons. The van der Waals surface area contributed by atoms with Crippen LogP contribution in [0.5, 0.6) is 0 Å². The fourth-order valence-corrected chi connectivity index (χ4v) is 2.17. The summed E-state index contributed by atoms with van der Waals surface area (Å²) in [7, 11) is 0. The third-order valence-electron chi connectivity index (χ3n) is 3.27. The Morgan fingerprint density at radius 2 is 1.67 bits per heavy atom. The molecule has 1 unspecified atom stereocenters. The molecule has 1 atom stereocenters. The monoisotopic (exact) mass is 248 g/mol. The number of hydrogen-bond donors (Lipinski definition) is 1. The highest BCUT2D eigenvalue weighted by molar-refractivity contribution is 5.17. The maximum atomic E-state index is 6.25. The van der Waals surface area contributed by atoms with Gasteiger partial charge in [-0.25, -0.2) is 0 Å². The lowest BCUT2D eigenvalue weighted by Gasteiger charge is -2.06. The Labute approximate surface area is 113 Å².